The molecule has 0 bridgehead atoms. The highest BCUT2D eigenvalue weighted by Gasteiger charge is 2.60. The number of ether oxygens (including phenoxy) is 2. The van der Waals surface area contributed by atoms with E-state index in [1.807, 2.05) is 24.3 Å². The van der Waals surface area contributed by atoms with Crippen molar-refractivity contribution >= 4 is 23.5 Å². The number of halogens is 1. The highest BCUT2D eigenvalue weighted by atomic mass is 35.5. The topological polar surface area (TPSA) is 90.0 Å². The molecule has 1 saturated heterocycles. The number of rotatable bonds is 1. The Morgan fingerprint density at radius 2 is 2.14 bits per heavy atom. The van der Waals surface area contributed by atoms with Gasteiger partial charge in [-0.05, 0) is 23.8 Å². The Bertz CT molecular complexity index is 1010. The molecule has 1 fully saturated rings. The van der Waals surface area contributed by atoms with Crippen LogP contribution in [0, 0.1) is 5.92 Å². The Kier molecular flexibility index (Phi) is 3.86. The minimum Gasteiger partial charge on any atom is -0.489 e. The van der Waals surface area contributed by atoms with Gasteiger partial charge in [0.1, 0.15) is 11.9 Å². The molecule has 3 atom stereocenters. The second-order valence-electron chi connectivity index (χ2n) is 7.33. The fourth-order valence-electron chi connectivity index (χ4n) is 4.37. The van der Waals surface area contributed by atoms with Crippen molar-refractivity contribution in [2.75, 3.05) is 20.3 Å². The van der Waals surface area contributed by atoms with Crippen LogP contribution in [0.15, 0.2) is 41.7 Å². The summed E-state index contributed by atoms with van der Waals surface area (Å²) in [6.07, 6.45) is 3.87. The van der Waals surface area contributed by atoms with Gasteiger partial charge in [0.05, 0.1) is 24.2 Å². The average Bonchev–Trinajstić information content (AvgIpc) is 2.93. The van der Waals surface area contributed by atoms with Crippen molar-refractivity contribution < 1.29 is 14.3 Å². The standard InChI is InChI=1S/C20H19ClN4O3/c1-25-18(26)20(24-19(25)22)14-7-11(12-6-13(21)9-23-8-12)2-3-16(14)28-17-4-5-27-10-15(17)20/h2-3,6-9,15,17H,4-5,10H2,1H3,(H2,22,24)/t15-,17-,20-/m0/s1. The zero-order chi connectivity index (χ0) is 19.5. The van der Waals surface area contributed by atoms with Gasteiger partial charge >= 0.3 is 0 Å². The number of carbonyl (C=O) groups excluding carboxylic acids is 1. The summed E-state index contributed by atoms with van der Waals surface area (Å²) >= 11 is 6.11. The summed E-state index contributed by atoms with van der Waals surface area (Å²) < 4.78 is 12.0. The van der Waals surface area contributed by atoms with Crippen molar-refractivity contribution in [2.24, 2.45) is 16.6 Å². The van der Waals surface area contributed by atoms with Crippen molar-refractivity contribution in [2.45, 2.75) is 18.1 Å². The maximum absolute atomic E-state index is 13.4. The van der Waals surface area contributed by atoms with Crippen LogP contribution in [0.1, 0.15) is 12.0 Å². The SMILES string of the molecule is CN1C(=O)[C@]2(N=C1N)c1cc(-c3cncc(Cl)c3)ccc1O[C@H]1CCOC[C@@H]12. The number of carbonyl (C=O) groups is 1. The number of fused-ring (bicyclic) bond motifs is 4. The van der Waals surface area contributed by atoms with Gasteiger partial charge in [-0.25, -0.2) is 4.99 Å². The first-order chi connectivity index (χ1) is 13.5. The lowest BCUT2D eigenvalue weighted by molar-refractivity contribution is -0.141. The molecule has 7 nitrogen and oxygen atoms in total. The lowest BCUT2D eigenvalue weighted by atomic mass is 9.71. The predicted octanol–water partition coefficient (Wildman–Crippen LogP) is 2.18. The fraction of sp³-hybridized carbons (Fsp3) is 0.350. The summed E-state index contributed by atoms with van der Waals surface area (Å²) in [6, 6.07) is 7.59. The number of aliphatic imine (C=N–C) groups is 1. The zero-order valence-electron chi connectivity index (χ0n) is 15.3. The smallest absolute Gasteiger partial charge is 0.262 e. The Hall–Kier alpha value is -2.64. The number of amides is 1. The molecule has 3 aliphatic rings. The molecule has 0 unspecified atom stereocenters. The summed E-state index contributed by atoms with van der Waals surface area (Å²) in [5, 5.41) is 0.542. The van der Waals surface area contributed by atoms with E-state index in [9.17, 15) is 4.79 Å². The van der Waals surface area contributed by atoms with E-state index in [4.69, 9.17) is 26.8 Å². The monoisotopic (exact) mass is 398 g/mol. The Morgan fingerprint density at radius 3 is 2.89 bits per heavy atom. The Balaban J connectivity index is 1.73. The number of benzene rings is 1. The molecule has 5 rings (SSSR count). The largest absolute Gasteiger partial charge is 0.489 e. The number of guanidine groups is 1. The lowest BCUT2D eigenvalue weighted by Gasteiger charge is -2.45. The number of hydrogen-bond donors (Lipinski definition) is 1. The van der Waals surface area contributed by atoms with E-state index >= 15 is 0 Å². The second-order valence-corrected chi connectivity index (χ2v) is 7.77. The van der Waals surface area contributed by atoms with Crippen molar-refractivity contribution in [3.05, 3.63) is 47.2 Å². The third kappa shape index (κ3) is 2.36. The van der Waals surface area contributed by atoms with Gasteiger partial charge < -0.3 is 15.2 Å². The summed E-state index contributed by atoms with van der Waals surface area (Å²) in [7, 11) is 1.65. The first kappa shape index (κ1) is 17.5. The second kappa shape index (κ2) is 6.18. The van der Waals surface area contributed by atoms with Gasteiger partial charge in [0.15, 0.2) is 11.5 Å². The van der Waals surface area contributed by atoms with E-state index in [2.05, 4.69) is 9.98 Å². The first-order valence-corrected chi connectivity index (χ1v) is 9.52. The van der Waals surface area contributed by atoms with Gasteiger partial charge in [-0.1, -0.05) is 17.7 Å². The Labute approximate surface area is 167 Å². The maximum Gasteiger partial charge on any atom is 0.262 e. The van der Waals surface area contributed by atoms with Gasteiger partial charge in [-0.3, -0.25) is 14.7 Å². The van der Waals surface area contributed by atoms with E-state index < -0.39 is 5.54 Å². The quantitative estimate of drug-likeness (QED) is 0.795. The van der Waals surface area contributed by atoms with E-state index in [1.165, 1.54) is 4.90 Å². The normalized spacial score (nSPS) is 28.6. The Morgan fingerprint density at radius 1 is 1.29 bits per heavy atom. The molecule has 0 aliphatic carbocycles. The molecule has 2 aromatic rings. The van der Waals surface area contributed by atoms with Crippen LogP contribution < -0.4 is 10.5 Å². The molecule has 1 spiro atoms. The number of aromatic nitrogens is 1. The highest BCUT2D eigenvalue weighted by molar-refractivity contribution is 6.30. The zero-order valence-corrected chi connectivity index (χ0v) is 16.0. The summed E-state index contributed by atoms with van der Waals surface area (Å²) in [4.78, 5) is 23.7. The van der Waals surface area contributed by atoms with Crippen LogP contribution in [0.5, 0.6) is 5.75 Å². The number of pyridine rings is 1. The van der Waals surface area contributed by atoms with E-state index in [1.54, 1.807) is 19.4 Å². The molecule has 144 valence electrons. The van der Waals surface area contributed by atoms with Crippen LogP contribution in [-0.2, 0) is 15.1 Å². The third-order valence-corrected chi connectivity index (χ3v) is 6.01. The lowest BCUT2D eigenvalue weighted by Crippen LogP contribution is -2.56. The molecular formula is C20H19ClN4O3. The van der Waals surface area contributed by atoms with E-state index in [-0.39, 0.29) is 23.9 Å². The van der Waals surface area contributed by atoms with E-state index in [0.29, 0.717) is 36.0 Å². The van der Waals surface area contributed by atoms with Crippen LogP contribution in [-0.4, -0.2) is 48.1 Å². The molecule has 1 aromatic carbocycles. The first-order valence-electron chi connectivity index (χ1n) is 9.14. The van der Waals surface area contributed by atoms with Crippen molar-refractivity contribution in [3.63, 3.8) is 0 Å². The molecule has 28 heavy (non-hydrogen) atoms. The summed E-state index contributed by atoms with van der Waals surface area (Å²) in [5.74, 6) is 0.466. The summed E-state index contributed by atoms with van der Waals surface area (Å²) in [6.45, 7) is 0.992. The van der Waals surface area contributed by atoms with Gasteiger partial charge in [-0.15, -0.1) is 0 Å². The van der Waals surface area contributed by atoms with Crippen molar-refractivity contribution in [1.82, 2.24) is 9.88 Å². The van der Waals surface area contributed by atoms with Gasteiger partial charge in [0.2, 0.25) is 0 Å². The molecule has 8 heteroatoms. The highest BCUT2D eigenvalue weighted by Crippen LogP contribution is 2.51. The van der Waals surface area contributed by atoms with Gasteiger partial charge in [0, 0.05) is 37.0 Å². The summed E-state index contributed by atoms with van der Waals surface area (Å²) in [5.41, 5.74) is 7.36. The third-order valence-electron chi connectivity index (χ3n) is 5.80. The molecule has 2 N–H and O–H groups in total. The molecule has 3 aliphatic heterocycles. The fourth-order valence-corrected chi connectivity index (χ4v) is 4.55. The predicted molar refractivity (Wildman–Crippen MR) is 104 cm³/mol. The van der Waals surface area contributed by atoms with Crippen molar-refractivity contribution in [3.8, 4) is 16.9 Å². The van der Waals surface area contributed by atoms with Crippen molar-refractivity contribution in [1.29, 1.82) is 0 Å². The average molecular weight is 399 g/mol. The molecule has 1 amide bonds. The number of nitrogens with zero attached hydrogens (tertiary/aromatic N) is 3. The molecular weight excluding hydrogens is 380 g/mol. The van der Waals surface area contributed by atoms with Crippen LogP contribution in [0.2, 0.25) is 5.02 Å². The maximum atomic E-state index is 13.4. The van der Waals surface area contributed by atoms with Gasteiger partial charge in [-0.2, -0.15) is 0 Å². The van der Waals surface area contributed by atoms with Crippen LogP contribution in [0.3, 0.4) is 0 Å². The van der Waals surface area contributed by atoms with Gasteiger partial charge in [0.25, 0.3) is 5.91 Å². The van der Waals surface area contributed by atoms with Crippen LogP contribution in [0.4, 0.5) is 0 Å². The molecule has 1 aromatic heterocycles. The number of likely N-dealkylation sites (N-methyl/N-ethyl adjacent to an activating group) is 1. The van der Waals surface area contributed by atoms with E-state index in [0.717, 1.165) is 11.1 Å². The minimum atomic E-state index is -1.14. The van der Waals surface area contributed by atoms with Crippen LogP contribution in [0.25, 0.3) is 11.1 Å². The number of hydrogen-bond acceptors (Lipinski definition) is 6. The minimum absolute atomic E-state index is 0.146. The number of nitrogens with two attached hydrogens (primary N) is 1. The molecule has 0 radical (unpaired) electrons. The molecule has 4 heterocycles. The van der Waals surface area contributed by atoms with Crippen LogP contribution >= 0.6 is 11.6 Å². The molecule has 0 saturated carbocycles.